The Hall–Kier alpha value is -2.00. The predicted molar refractivity (Wildman–Crippen MR) is 104 cm³/mol. The second kappa shape index (κ2) is 7.71. The highest BCUT2D eigenvalue weighted by Crippen LogP contribution is 2.26. The van der Waals surface area contributed by atoms with Gasteiger partial charge in [-0.25, -0.2) is 8.51 Å². The molecule has 2 aliphatic heterocycles. The molecule has 2 fully saturated rings. The second-order valence-corrected chi connectivity index (χ2v) is 8.52. The van der Waals surface area contributed by atoms with Crippen molar-refractivity contribution in [1.29, 1.82) is 5.26 Å². The summed E-state index contributed by atoms with van der Waals surface area (Å²) in [5, 5.41) is 8.90. The van der Waals surface area contributed by atoms with E-state index in [0.717, 1.165) is 35.5 Å². The van der Waals surface area contributed by atoms with E-state index in [1.165, 1.54) is 25.9 Å². The number of nitriles is 1. The van der Waals surface area contributed by atoms with Crippen LogP contribution in [0.4, 0.5) is 0 Å². The molecule has 2 heterocycles. The maximum atomic E-state index is 12.9. The lowest BCUT2D eigenvalue weighted by Crippen LogP contribution is -2.35. The van der Waals surface area contributed by atoms with Crippen LogP contribution < -0.4 is 0 Å². The standard InChI is InChI=1S/C21H23N3OS/c22-15-17-3-5-18(6-4-17)19-7-9-21(10-8-19)26(25)24-14-11-20(16-24)23-12-1-2-13-23/h3-10,20H,1-2,11-14,16H2. The van der Waals surface area contributed by atoms with E-state index >= 15 is 0 Å². The first-order valence-corrected chi connectivity index (χ1v) is 10.4. The van der Waals surface area contributed by atoms with E-state index < -0.39 is 11.0 Å². The molecule has 0 saturated carbocycles. The SMILES string of the molecule is N#Cc1ccc(-c2ccc(S(=O)N3CCC(N4CCCC4)C3)cc2)cc1. The van der Waals surface area contributed by atoms with Gasteiger partial charge in [0.1, 0.15) is 11.0 Å². The second-order valence-electron chi connectivity index (χ2n) is 7.04. The van der Waals surface area contributed by atoms with Crippen molar-refractivity contribution < 1.29 is 4.21 Å². The third kappa shape index (κ3) is 3.59. The number of hydrogen-bond acceptors (Lipinski definition) is 3. The quantitative estimate of drug-likeness (QED) is 0.834. The zero-order chi connectivity index (χ0) is 17.9. The molecule has 26 heavy (non-hydrogen) atoms. The normalized spacial score (nSPS) is 22.3. The molecule has 0 aliphatic carbocycles. The molecule has 4 rings (SSSR count). The molecule has 5 heteroatoms. The van der Waals surface area contributed by atoms with Gasteiger partial charge >= 0.3 is 0 Å². The smallest absolute Gasteiger partial charge is 0.127 e. The average Bonchev–Trinajstić information content (AvgIpc) is 3.39. The molecule has 0 amide bonds. The van der Waals surface area contributed by atoms with Gasteiger partial charge < -0.3 is 0 Å². The molecule has 2 saturated heterocycles. The summed E-state index contributed by atoms with van der Waals surface area (Å²) in [4.78, 5) is 3.43. The molecule has 4 nitrogen and oxygen atoms in total. The zero-order valence-corrected chi connectivity index (χ0v) is 15.6. The Morgan fingerprint density at radius 3 is 2.15 bits per heavy atom. The van der Waals surface area contributed by atoms with E-state index in [9.17, 15) is 4.21 Å². The fraction of sp³-hybridized carbons (Fsp3) is 0.381. The van der Waals surface area contributed by atoms with Gasteiger partial charge in [0.2, 0.25) is 0 Å². The van der Waals surface area contributed by atoms with E-state index in [1.54, 1.807) is 0 Å². The van der Waals surface area contributed by atoms with Crippen molar-refractivity contribution in [1.82, 2.24) is 9.21 Å². The third-order valence-electron chi connectivity index (χ3n) is 5.42. The van der Waals surface area contributed by atoms with Crippen molar-refractivity contribution in [2.24, 2.45) is 0 Å². The molecule has 134 valence electrons. The van der Waals surface area contributed by atoms with Crippen molar-refractivity contribution in [3.8, 4) is 17.2 Å². The Balaban J connectivity index is 1.43. The Kier molecular flexibility index (Phi) is 5.16. The molecule has 2 aliphatic rings. The summed E-state index contributed by atoms with van der Waals surface area (Å²) in [6.45, 7) is 4.21. The van der Waals surface area contributed by atoms with Gasteiger partial charge in [-0.1, -0.05) is 24.3 Å². The predicted octanol–water partition coefficient (Wildman–Crippen LogP) is 3.42. The van der Waals surface area contributed by atoms with Crippen LogP contribution in [-0.4, -0.2) is 45.6 Å². The fourth-order valence-corrected chi connectivity index (χ4v) is 5.16. The van der Waals surface area contributed by atoms with Crippen LogP contribution in [0.2, 0.25) is 0 Å². The summed E-state index contributed by atoms with van der Waals surface area (Å²) in [6.07, 6.45) is 3.72. The number of rotatable bonds is 4. The molecule has 0 bridgehead atoms. The first-order valence-electron chi connectivity index (χ1n) is 9.26. The van der Waals surface area contributed by atoms with Crippen LogP contribution in [0.25, 0.3) is 11.1 Å². The maximum absolute atomic E-state index is 12.9. The molecule has 0 spiro atoms. The van der Waals surface area contributed by atoms with E-state index in [2.05, 4.69) is 15.3 Å². The molecule has 0 radical (unpaired) electrons. The van der Waals surface area contributed by atoms with Gasteiger partial charge in [-0.2, -0.15) is 5.26 Å². The summed E-state index contributed by atoms with van der Waals surface area (Å²) in [7, 11) is -1.09. The van der Waals surface area contributed by atoms with E-state index in [1.807, 2.05) is 48.5 Å². The lowest BCUT2D eigenvalue weighted by molar-refractivity contribution is 0.252. The topological polar surface area (TPSA) is 47.3 Å². The van der Waals surface area contributed by atoms with Gasteiger partial charge in [-0.05, 0) is 67.7 Å². The van der Waals surface area contributed by atoms with Crippen molar-refractivity contribution in [2.45, 2.75) is 30.2 Å². The van der Waals surface area contributed by atoms with Crippen molar-refractivity contribution in [2.75, 3.05) is 26.2 Å². The van der Waals surface area contributed by atoms with Gasteiger partial charge in [0, 0.05) is 19.1 Å². The molecule has 2 aromatic carbocycles. The van der Waals surface area contributed by atoms with Crippen LogP contribution in [0.5, 0.6) is 0 Å². The molecular formula is C21H23N3OS. The van der Waals surface area contributed by atoms with Crippen LogP contribution in [0.3, 0.4) is 0 Å². The first-order chi connectivity index (χ1) is 12.7. The number of likely N-dealkylation sites (tertiary alicyclic amines) is 1. The van der Waals surface area contributed by atoms with Crippen LogP contribution >= 0.6 is 0 Å². The minimum Gasteiger partial charge on any atom is -0.299 e. The summed E-state index contributed by atoms with van der Waals surface area (Å²) >= 11 is 0. The van der Waals surface area contributed by atoms with Crippen molar-refractivity contribution in [3.05, 3.63) is 54.1 Å². The monoisotopic (exact) mass is 365 g/mol. The fourth-order valence-electron chi connectivity index (χ4n) is 3.92. The molecular weight excluding hydrogens is 342 g/mol. The molecule has 0 aromatic heterocycles. The van der Waals surface area contributed by atoms with Gasteiger partial charge in [0.05, 0.1) is 16.5 Å². The Morgan fingerprint density at radius 2 is 1.54 bits per heavy atom. The van der Waals surface area contributed by atoms with Gasteiger partial charge in [0.15, 0.2) is 0 Å². The summed E-state index contributed by atoms with van der Waals surface area (Å²) in [6, 6.07) is 18.2. The number of nitrogens with zero attached hydrogens (tertiary/aromatic N) is 3. The van der Waals surface area contributed by atoms with E-state index in [0.29, 0.717) is 11.6 Å². The summed E-state index contributed by atoms with van der Waals surface area (Å²) < 4.78 is 15.0. The van der Waals surface area contributed by atoms with Crippen LogP contribution in [0, 0.1) is 11.3 Å². The van der Waals surface area contributed by atoms with Crippen LogP contribution in [-0.2, 0) is 11.0 Å². The maximum Gasteiger partial charge on any atom is 0.127 e. The highest BCUT2D eigenvalue weighted by molar-refractivity contribution is 7.82. The summed E-state index contributed by atoms with van der Waals surface area (Å²) in [5.41, 5.74) is 2.80. The van der Waals surface area contributed by atoms with E-state index in [4.69, 9.17) is 5.26 Å². The highest BCUT2D eigenvalue weighted by atomic mass is 32.2. The Morgan fingerprint density at radius 1 is 0.923 bits per heavy atom. The largest absolute Gasteiger partial charge is 0.299 e. The molecule has 2 aromatic rings. The molecule has 2 atom stereocenters. The Labute approximate surface area is 157 Å². The minimum absolute atomic E-state index is 0.569. The van der Waals surface area contributed by atoms with Gasteiger partial charge in [0.25, 0.3) is 0 Å². The highest BCUT2D eigenvalue weighted by Gasteiger charge is 2.32. The lowest BCUT2D eigenvalue weighted by Gasteiger charge is -2.23. The average molecular weight is 366 g/mol. The van der Waals surface area contributed by atoms with Gasteiger partial charge in [-0.3, -0.25) is 4.90 Å². The molecule has 0 N–H and O–H groups in total. The van der Waals surface area contributed by atoms with E-state index in [-0.39, 0.29) is 0 Å². The van der Waals surface area contributed by atoms with Crippen LogP contribution in [0.1, 0.15) is 24.8 Å². The lowest BCUT2D eigenvalue weighted by atomic mass is 10.0. The van der Waals surface area contributed by atoms with Crippen molar-refractivity contribution in [3.63, 3.8) is 0 Å². The number of benzene rings is 2. The first kappa shape index (κ1) is 17.4. The van der Waals surface area contributed by atoms with Crippen molar-refractivity contribution >= 4 is 11.0 Å². The third-order valence-corrected chi connectivity index (χ3v) is 6.90. The summed E-state index contributed by atoms with van der Waals surface area (Å²) in [5.74, 6) is 0. The van der Waals surface area contributed by atoms with Gasteiger partial charge in [-0.15, -0.1) is 0 Å². The molecule has 2 unspecified atom stereocenters. The number of hydrogen-bond donors (Lipinski definition) is 0. The minimum atomic E-state index is -1.09. The Bertz CT molecular complexity index is 820. The zero-order valence-electron chi connectivity index (χ0n) is 14.8. The van der Waals surface area contributed by atoms with Crippen LogP contribution in [0.15, 0.2) is 53.4 Å².